The van der Waals surface area contributed by atoms with Gasteiger partial charge in [-0.15, -0.1) is 0 Å². The maximum absolute atomic E-state index is 13.1. The summed E-state index contributed by atoms with van der Waals surface area (Å²) in [5.74, 6) is -0.847. The number of nitrogens with zero attached hydrogens (tertiary/aromatic N) is 2. The summed E-state index contributed by atoms with van der Waals surface area (Å²) in [6.45, 7) is 1.99. The number of hydrogen-bond donors (Lipinski definition) is 1. The number of aromatic nitrogens is 2. The highest BCUT2D eigenvalue weighted by Gasteiger charge is 2.20. The third-order valence-corrected chi connectivity index (χ3v) is 3.50. The van der Waals surface area contributed by atoms with Gasteiger partial charge >= 0.3 is 5.97 Å². The van der Waals surface area contributed by atoms with Crippen molar-refractivity contribution in [2.24, 2.45) is 0 Å². The van der Waals surface area contributed by atoms with Crippen LogP contribution in [0.2, 0.25) is 0 Å². The Morgan fingerprint density at radius 3 is 2.46 bits per heavy atom. The van der Waals surface area contributed by atoms with Crippen LogP contribution >= 0.6 is 0 Å². The van der Waals surface area contributed by atoms with Crippen molar-refractivity contribution in [3.05, 3.63) is 66.2 Å². The van der Waals surface area contributed by atoms with Gasteiger partial charge in [0.25, 0.3) is 0 Å². The first-order valence-corrected chi connectivity index (χ1v) is 7.47. The van der Waals surface area contributed by atoms with Gasteiger partial charge in [0.05, 0.1) is 12.3 Å². The number of carbonyl (C=O) groups is 1. The molecule has 0 amide bonds. The zero-order valence-electron chi connectivity index (χ0n) is 13.1. The van der Waals surface area contributed by atoms with Gasteiger partial charge in [-0.05, 0) is 48.9 Å². The van der Waals surface area contributed by atoms with Crippen LogP contribution in [0.5, 0.6) is 0 Å². The van der Waals surface area contributed by atoms with E-state index in [9.17, 15) is 9.18 Å². The lowest BCUT2D eigenvalue weighted by molar-refractivity contribution is 0.0520. The molecule has 1 heterocycles. The molecule has 0 fully saturated rings. The number of hydrogen-bond acceptors (Lipinski definition) is 4. The highest BCUT2D eigenvalue weighted by Crippen LogP contribution is 2.26. The number of ether oxygens (including phenoxy) is 1. The number of nitrogen functional groups attached to an aromatic ring is 1. The largest absolute Gasteiger partial charge is 0.461 e. The molecule has 2 N–H and O–H groups in total. The van der Waals surface area contributed by atoms with Gasteiger partial charge in [-0.3, -0.25) is 0 Å². The second kappa shape index (κ2) is 6.54. The number of esters is 1. The van der Waals surface area contributed by atoms with Crippen LogP contribution in [-0.2, 0) is 4.74 Å². The van der Waals surface area contributed by atoms with Crippen LogP contribution in [0.15, 0.2) is 54.7 Å². The zero-order valence-corrected chi connectivity index (χ0v) is 13.1. The summed E-state index contributed by atoms with van der Waals surface area (Å²) in [5.41, 5.74) is 8.60. The molecule has 0 aliphatic rings. The summed E-state index contributed by atoms with van der Waals surface area (Å²) in [6.07, 6.45) is 1.71. The smallest absolute Gasteiger partial charge is 0.359 e. The van der Waals surface area contributed by atoms with Crippen molar-refractivity contribution in [1.29, 1.82) is 0 Å². The van der Waals surface area contributed by atoms with Gasteiger partial charge in [0, 0.05) is 17.4 Å². The SMILES string of the molecule is CCOC(=O)c1nn(-c2ccc(F)cc2)cc1-c1ccc(N)cc1. The molecule has 0 saturated carbocycles. The predicted octanol–water partition coefficient (Wildman–Crippen LogP) is 3.44. The average molecular weight is 325 g/mol. The average Bonchev–Trinajstić information content (AvgIpc) is 3.02. The number of halogens is 1. The Morgan fingerprint density at radius 1 is 1.17 bits per heavy atom. The molecule has 0 radical (unpaired) electrons. The lowest BCUT2D eigenvalue weighted by atomic mass is 10.1. The van der Waals surface area contributed by atoms with Gasteiger partial charge in [0.15, 0.2) is 5.69 Å². The van der Waals surface area contributed by atoms with Gasteiger partial charge in [-0.1, -0.05) is 12.1 Å². The molecule has 24 heavy (non-hydrogen) atoms. The van der Waals surface area contributed by atoms with E-state index in [0.29, 0.717) is 16.9 Å². The van der Waals surface area contributed by atoms with E-state index < -0.39 is 5.97 Å². The van der Waals surface area contributed by atoms with E-state index in [1.54, 1.807) is 37.4 Å². The minimum Gasteiger partial charge on any atom is -0.461 e. The van der Waals surface area contributed by atoms with Crippen molar-refractivity contribution >= 4 is 11.7 Å². The summed E-state index contributed by atoms with van der Waals surface area (Å²) in [4.78, 5) is 12.2. The monoisotopic (exact) mass is 325 g/mol. The van der Waals surface area contributed by atoms with Gasteiger partial charge < -0.3 is 10.5 Å². The second-order valence-corrected chi connectivity index (χ2v) is 5.15. The third kappa shape index (κ3) is 3.12. The normalized spacial score (nSPS) is 10.6. The molecule has 6 heteroatoms. The first-order chi connectivity index (χ1) is 11.6. The highest BCUT2D eigenvalue weighted by atomic mass is 19.1. The van der Waals surface area contributed by atoms with Crippen molar-refractivity contribution in [2.75, 3.05) is 12.3 Å². The van der Waals surface area contributed by atoms with Crippen molar-refractivity contribution in [3.63, 3.8) is 0 Å². The van der Waals surface area contributed by atoms with E-state index >= 15 is 0 Å². The number of carbonyl (C=O) groups excluding carboxylic acids is 1. The summed E-state index contributed by atoms with van der Waals surface area (Å²) < 4.78 is 19.7. The van der Waals surface area contributed by atoms with Crippen molar-refractivity contribution in [2.45, 2.75) is 6.92 Å². The molecular weight excluding hydrogens is 309 g/mol. The Labute approximate surface area is 138 Å². The Kier molecular flexibility index (Phi) is 4.29. The first-order valence-electron chi connectivity index (χ1n) is 7.47. The standard InChI is InChI=1S/C18H16FN3O2/c1-2-24-18(23)17-16(12-3-7-14(20)8-4-12)11-22(21-17)15-9-5-13(19)6-10-15/h3-11H,2,20H2,1H3. The molecule has 0 atom stereocenters. The van der Waals surface area contributed by atoms with Crippen molar-refractivity contribution < 1.29 is 13.9 Å². The molecule has 2 aromatic carbocycles. The van der Waals surface area contributed by atoms with Crippen LogP contribution in [0.1, 0.15) is 17.4 Å². The minimum atomic E-state index is -0.509. The Morgan fingerprint density at radius 2 is 1.83 bits per heavy atom. The molecule has 0 aliphatic heterocycles. The quantitative estimate of drug-likeness (QED) is 0.589. The van der Waals surface area contributed by atoms with Gasteiger partial charge in [-0.2, -0.15) is 5.10 Å². The Balaban J connectivity index is 2.10. The predicted molar refractivity (Wildman–Crippen MR) is 89.3 cm³/mol. The maximum atomic E-state index is 13.1. The molecular formula is C18H16FN3O2. The number of nitrogens with two attached hydrogens (primary N) is 1. The number of benzene rings is 2. The van der Waals surface area contributed by atoms with Gasteiger partial charge in [0.1, 0.15) is 5.82 Å². The van der Waals surface area contributed by atoms with Crippen molar-refractivity contribution in [1.82, 2.24) is 9.78 Å². The van der Waals surface area contributed by atoms with Crippen LogP contribution in [0.25, 0.3) is 16.8 Å². The zero-order chi connectivity index (χ0) is 17.1. The summed E-state index contributed by atoms with van der Waals surface area (Å²) in [7, 11) is 0. The van der Waals surface area contributed by atoms with Gasteiger partial charge in [-0.25, -0.2) is 13.9 Å². The molecule has 0 bridgehead atoms. The molecule has 3 aromatic rings. The second-order valence-electron chi connectivity index (χ2n) is 5.15. The highest BCUT2D eigenvalue weighted by molar-refractivity contribution is 5.95. The molecule has 0 aliphatic carbocycles. The molecule has 1 aromatic heterocycles. The van der Waals surface area contributed by atoms with Crippen LogP contribution in [-0.4, -0.2) is 22.4 Å². The summed E-state index contributed by atoms with van der Waals surface area (Å²) in [6, 6.07) is 13.0. The fourth-order valence-electron chi connectivity index (χ4n) is 2.32. The summed E-state index contributed by atoms with van der Waals surface area (Å²) in [5, 5.41) is 4.32. The molecule has 3 rings (SSSR count). The fourth-order valence-corrected chi connectivity index (χ4v) is 2.32. The lowest BCUT2D eigenvalue weighted by Gasteiger charge is -2.02. The van der Waals surface area contributed by atoms with E-state index in [0.717, 1.165) is 5.56 Å². The van der Waals surface area contributed by atoms with Crippen LogP contribution in [0, 0.1) is 5.82 Å². The molecule has 0 spiro atoms. The molecule has 5 nitrogen and oxygen atoms in total. The van der Waals surface area contributed by atoms with Crippen LogP contribution < -0.4 is 5.73 Å². The van der Waals surface area contributed by atoms with Gasteiger partial charge in [0.2, 0.25) is 0 Å². The van der Waals surface area contributed by atoms with E-state index in [4.69, 9.17) is 10.5 Å². The van der Waals surface area contributed by atoms with Crippen molar-refractivity contribution in [3.8, 4) is 16.8 Å². The maximum Gasteiger partial charge on any atom is 0.359 e. The van der Waals surface area contributed by atoms with E-state index in [1.165, 1.54) is 16.8 Å². The van der Waals surface area contributed by atoms with E-state index in [-0.39, 0.29) is 18.1 Å². The topological polar surface area (TPSA) is 70.1 Å². The van der Waals surface area contributed by atoms with E-state index in [1.807, 2.05) is 12.1 Å². The third-order valence-electron chi connectivity index (χ3n) is 3.50. The number of anilines is 1. The summed E-state index contributed by atoms with van der Waals surface area (Å²) >= 11 is 0. The Bertz CT molecular complexity index is 855. The van der Waals surface area contributed by atoms with E-state index in [2.05, 4.69) is 5.10 Å². The molecule has 0 unspecified atom stereocenters. The fraction of sp³-hybridized carbons (Fsp3) is 0.111. The van der Waals surface area contributed by atoms with Crippen LogP contribution in [0.4, 0.5) is 10.1 Å². The molecule has 122 valence electrons. The Hall–Kier alpha value is -3.15. The van der Waals surface area contributed by atoms with Crippen LogP contribution in [0.3, 0.4) is 0 Å². The molecule has 0 saturated heterocycles. The first kappa shape index (κ1) is 15.7. The number of rotatable bonds is 4. The minimum absolute atomic E-state index is 0.200. The lowest BCUT2D eigenvalue weighted by Crippen LogP contribution is -2.07.